The highest BCUT2D eigenvalue weighted by Crippen LogP contribution is 2.49. The van der Waals surface area contributed by atoms with Crippen molar-refractivity contribution in [2.24, 2.45) is 5.92 Å². The Labute approximate surface area is 180 Å². The number of phenolic OH excluding ortho intramolecular Hbond substituents is 2. The summed E-state index contributed by atoms with van der Waals surface area (Å²) in [6, 6.07) is 1.48. The van der Waals surface area contributed by atoms with E-state index in [0.717, 1.165) is 43.3 Å². The van der Waals surface area contributed by atoms with E-state index in [1.165, 1.54) is 6.07 Å². The normalized spacial score (nSPS) is 19.5. The SMILES string of the molecule is C=C(C)C1CCC(C)=CC1c1c(O)cc(CCCCC)c(S(=O)(=O)NCCO)c1O. The van der Waals surface area contributed by atoms with Crippen LogP contribution >= 0.6 is 0 Å². The van der Waals surface area contributed by atoms with Gasteiger partial charge in [0.15, 0.2) is 0 Å². The van der Waals surface area contributed by atoms with Crippen LogP contribution in [-0.4, -0.2) is 36.9 Å². The summed E-state index contributed by atoms with van der Waals surface area (Å²) in [4.78, 5) is -0.197. The Kier molecular flexibility index (Phi) is 8.52. The molecule has 7 heteroatoms. The predicted octanol–water partition coefficient (Wildman–Crippen LogP) is 4.12. The molecule has 0 bridgehead atoms. The third-order valence-electron chi connectivity index (χ3n) is 5.78. The van der Waals surface area contributed by atoms with E-state index in [2.05, 4.69) is 11.3 Å². The molecule has 2 unspecified atom stereocenters. The number of aliphatic hydroxyl groups excluding tert-OH is 1. The third-order valence-corrected chi connectivity index (χ3v) is 7.36. The first-order valence-corrected chi connectivity index (χ1v) is 12.1. The van der Waals surface area contributed by atoms with Crippen molar-refractivity contribution in [3.8, 4) is 11.5 Å². The summed E-state index contributed by atoms with van der Waals surface area (Å²) in [7, 11) is -4.06. The molecule has 0 aromatic heterocycles. The van der Waals surface area contributed by atoms with Gasteiger partial charge in [0.05, 0.1) is 6.61 Å². The molecule has 2 atom stereocenters. The molecule has 0 fully saturated rings. The summed E-state index contributed by atoms with van der Waals surface area (Å²) in [6.07, 6.45) is 6.76. The summed E-state index contributed by atoms with van der Waals surface area (Å²) in [5, 5.41) is 31.1. The number of aliphatic hydroxyl groups is 1. The van der Waals surface area contributed by atoms with Gasteiger partial charge in [-0.15, -0.1) is 0 Å². The van der Waals surface area contributed by atoms with Crippen LogP contribution in [0.4, 0.5) is 0 Å². The number of nitrogens with one attached hydrogen (secondary N) is 1. The molecule has 0 saturated heterocycles. The van der Waals surface area contributed by atoms with Gasteiger partial charge < -0.3 is 15.3 Å². The molecule has 1 aromatic rings. The van der Waals surface area contributed by atoms with E-state index in [1.54, 1.807) is 0 Å². The zero-order valence-electron chi connectivity index (χ0n) is 18.2. The van der Waals surface area contributed by atoms with Crippen LogP contribution in [0.15, 0.2) is 34.8 Å². The number of sulfonamides is 1. The standard InChI is InChI=1S/C23H35NO5S/c1-5-6-7-8-17-14-20(26)21(19-13-16(4)9-10-18(19)15(2)3)22(27)23(17)30(28,29)24-11-12-25/h13-14,18-19,24-27H,2,5-12H2,1,3-4H3. The van der Waals surface area contributed by atoms with Gasteiger partial charge in [-0.05, 0) is 57.1 Å². The van der Waals surface area contributed by atoms with Gasteiger partial charge in [0.1, 0.15) is 16.4 Å². The molecule has 168 valence electrons. The second-order valence-electron chi connectivity index (χ2n) is 8.26. The minimum Gasteiger partial charge on any atom is -0.507 e. The van der Waals surface area contributed by atoms with Gasteiger partial charge >= 0.3 is 0 Å². The average molecular weight is 438 g/mol. The Morgan fingerprint density at radius 1 is 1.30 bits per heavy atom. The quantitative estimate of drug-likeness (QED) is 0.325. The van der Waals surface area contributed by atoms with Crippen LogP contribution < -0.4 is 4.72 Å². The number of phenols is 2. The summed E-state index contributed by atoms with van der Waals surface area (Å²) in [5.74, 6) is -0.860. The van der Waals surface area contributed by atoms with E-state index >= 15 is 0 Å². The van der Waals surface area contributed by atoms with Gasteiger partial charge in [-0.3, -0.25) is 0 Å². The van der Waals surface area contributed by atoms with E-state index in [9.17, 15) is 18.6 Å². The molecular weight excluding hydrogens is 402 g/mol. The van der Waals surface area contributed by atoms with Crippen molar-refractivity contribution in [2.45, 2.75) is 70.1 Å². The molecule has 0 saturated carbocycles. The largest absolute Gasteiger partial charge is 0.507 e. The molecule has 4 N–H and O–H groups in total. The van der Waals surface area contributed by atoms with Crippen LogP contribution in [-0.2, 0) is 16.4 Å². The Morgan fingerprint density at radius 3 is 2.60 bits per heavy atom. The predicted molar refractivity (Wildman–Crippen MR) is 119 cm³/mol. The van der Waals surface area contributed by atoms with Crippen molar-refractivity contribution in [3.05, 3.63) is 41.0 Å². The lowest BCUT2D eigenvalue weighted by Gasteiger charge is -2.32. The molecule has 1 aliphatic rings. The lowest BCUT2D eigenvalue weighted by atomic mass is 9.73. The fourth-order valence-corrected chi connectivity index (χ4v) is 5.62. The van der Waals surface area contributed by atoms with Crippen molar-refractivity contribution in [2.75, 3.05) is 13.2 Å². The van der Waals surface area contributed by atoms with E-state index in [-0.39, 0.29) is 41.2 Å². The molecule has 6 nitrogen and oxygen atoms in total. The number of hydrogen-bond donors (Lipinski definition) is 4. The summed E-state index contributed by atoms with van der Waals surface area (Å²) in [6.45, 7) is 9.53. The van der Waals surface area contributed by atoms with Crippen LogP contribution in [0.1, 0.15) is 69.9 Å². The zero-order chi connectivity index (χ0) is 22.5. The summed E-state index contributed by atoms with van der Waals surface area (Å²) in [5.41, 5.74) is 2.67. The zero-order valence-corrected chi connectivity index (χ0v) is 19.1. The number of aromatic hydroxyl groups is 2. The maximum atomic E-state index is 13.0. The summed E-state index contributed by atoms with van der Waals surface area (Å²) < 4.78 is 28.3. The van der Waals surface area contributed by atoms with Crippen molar-refractivity contribution in [1.82, 2.24) is 4.72 Å². The van der Waals surface area contributed by atoms with Gasteiger partial charge in [0, 0.05) is 18.0 Å². The molecule has 2 rings (SSSR count). The second-order valence-corrected chi connectivity index (χ2v) is 9.96. The number of aryl methyl sites for hydroxylation is 1. The molecule has 0 spiro atoms. The number of allylic oxidation sites excluding steroid dienone is 3. The van der Waals surface area contributed by atoms with Crippen LogP contribution in [0, 0.1) is 5.92 Å². The van der Waals surface area contributed by atoms with Crippen molar-refractivity contribution in [3.63, 3.8) is 0 Å². The third kappa shape index (κ3) is 5.45. The van der Waals surface area contributed by atoms with Crippen LogP contribution in [0.2, 0.25) is 0 Å². The van der Waals surface area contributed by atoms with Crippen molar-refractivity contribution in [1.29, 1.82) is 0 Å². The Bertz CT molecular complexity index is 905. The van der Waals surface area contributed by atoms with Gasteiger partial charge in [-0.2, -0.15) is 0 Å². The molecular formula is C23H35NO5S. The minimum atomic E-state index is -4.06. The molecule has 1 aliphatic carbocycles. The second kappa shape index (κ2) is 10.5. The molecule has 0 heterocycles. The molecule has 30 heavy (non-hydrogen) atoms. The topological polar surface area (TPSA) is 107 Å². The number of hydrogen-bond acceptors (Lipinski definition) is 5. The maximum absolute atomic E-state index is 13.0. The van der Waals surface area contributed by atoms with Crippen LogP contribution in [0.3, 0.4) is 0 Å². The molecule has 0 aliphatic heterocycles. The smallest absolute Gasteiger partial charge is 0.244 e. The highest BCUT2D eigenvalue weighted by Gasteiger charge is 2.34. The highest BCUT2D eigenvalue weighted by molar-refractivity contribution is 7.89. The number of benzene rings is 1. The van der Waals surface area contributed by atoms with Gasteiger partial charge in [0.25, 0.3) is 0 Å². The number of rotatable bonds is 10. The summed E-state index contributed by atoms with van der Waals surface area (Å²) >= 11 is 0. The number of unbranched alkanes of at least 4 members (excludes halogenated alkanes) is 2. The first-order valence-electron chi connectivity index (χ1n) is 10.6. The van der Waals surface area contributed by atoms with Gasteiger partial charge in [-0.1, -0.05) is 43.6 Å². The Hall–Kier alpha value is -1.83. The fourth-order valence-electron chi connectivity index (χ4n) is 4.24. The van der Waals surface area contributed by atoms with Crippen LogP contribution in [0.25, 0.3) is 0 Å². The Balaban J connectivity index is 2.69. The molecule has 1 aromatic carbocycles. The van der Waals surface area contributed by atoms with Crippen molar-refractivity contribution >= 4 is 10.0 Å². The molecule has 0 amide bonds. The lowest BCUT2D eigenvalue weighted by Crippen LogP contribution is -2.28. The van der Waals surface area contributed by atoms with E-state index in [1.807, 2.05) is 26.8 Å². The molecule has 0 radical (unpaired) electrons. The lowest BCUT2D eigenvalue weighted by molar-refractivity contribution is 0.300. The van der Waals surface area contributed by atoms with E-state index in [4.69, 9.17) is 5.11 Å². The highest BCUT2D eigenvalue weighted by atomic mass is 32.2. The maximum Gasteiger partial charge on any atom is 0.244 e. The fraction of sp³-hybridized carbons (Fsp3) is 0.565. The van der Waals surface area contributed by atoms with E-state index < -0.39 is 15.8 Å². The average Bonchev–Trinajstić information content (AvgIpc) is 2.66. The van der Waals surface area contributed by atoms with Crippen LogP contribution in [0.5, 0.6) is 11.5 Å². The van der Waals surface area contributed by atoms with Gasteiger partial charge in [-0.25, -0.2) is 13.1 Å². The first kappa shape index (κ1) is 24.4. The Morgan fingerprint density at radius 2 is 2.00 bits per heavy atom. The monoisotopic (exact) mass is 437 g/mol. The first-order chi connectivity index (χ1) is 14.1. The minimum absolute atomic E-state index is 0.00241. The van der Waals surface area contributed by atoms with E-state index in [0.29, 0.717) is 12.0 Å². The van der Waals surface area contributed by atoms with Gasteiger partial charge in [0.2, 0.25) is 10.0 Å². The van der Waals surface area contributed by atoms with Crippen molar-refractivity contribution < 1.29 is 23.7 Å².